The summed E-state index contributed by atoms with van der Waals surface area (Å²) < 4.78 is 0.996. The van der Waals surface area contributed by atoms with Gasteiger partial charge >= 0.3 is 5.97 Å². The lowest BCUT2D eigenvalue weighted by Gasteiger charge is -2.02. The van der Waals surface area contributed by atoms with Crippen LogP contribution in [-0.4, -0.2) is 22.0 Å². The van der Waals surface area contributed by atoms with Gasteiger partial charge in [-0.1, -0.05) is 6.07 Å². The minimum absolute atomic E-state index is 0.118. The number of carbonyl (C=O) groups is 2. The van der Waals surface area contributed by atoms with Crippen LogP contribution in [0.1, 0.15) is 20.3 Å². The lowest BCUT2D eigenvalue weighted by Crippen LogP contribution is -2.12. The van der Waals surface area contributed by atoms with Crippen LogP contribution in [0.25, 0.3) is 0 Å². The van der Waals surface area contributed by atoms with Crippen molar-refractivity contribution < 1.29 is 14.7 Å². The molecule has 2 N–H and O–H groups in total. The normalized spacial score (nSPS) is 10.1. The molecule has 2 rings (SSSR count). The van der Waals surface area contributed by atoms with Crippen molar-refractivity contribution in [2.45, 2.75) is 0 Å². The third kappa shape index (κ3) is 3.05. The first-order valence-electron chi connectivity index (χ1n) is 4.82. The predicted octanol–water partition coefficient (Wildman–Crippen LogP) is 2.70. The van der Waals surface area contributed by atoms with Crippen molar-refractivity contribution in [2.24, 2.45) is 0 Å². The van der Waals surface area contributed by atoms with E-state index in [9.17, 15) is 9.59 Å². The zero-order valence-corrected chi connectivity index (χ0v) is 11.9. The number of benzene rings is 1. The predicted molar refractivity (Wildman–Crippen MR) is 76.2 cm³/mol. The molecule has 2 aromatic rings. The molecule has 18 heavy (non-hydrogen) atoms. The van der Waals surface area contributed by atoms with Crippen molar-refractivity contribution in [1.82, 2.24) is 4.98 Å². The van der Waals surface area contributed by atoms with E-state index in [2.05, 4.69) is 32.9 Å². The number of amides is 1. The van der Waals surface area contributed by atoms with Crippen molar-refractivity contribution in [3.63, 3.8) is 0 Å². The largest absolute Gasteiger partial charge is 0.476 e. The maximum absolute atomic E-state index is 11.8. The monoisotopic (exact) mass is 374 g/mol. The van der Waals surface area contributed by atoms with E-state index in [1.807, 2.05) is 18.2 Å². The first-order valence-corrected chi connectivity index (χ1v) is 6.78. The van der Waals surface area contributed by atoms with E-state index in [1.165, 1.54) is 5.38 Å². The van der Waals surface area contributed by atoms with Gasteiger partial charge in [-0.3, -0.25) is 4.79 Å². The van der Waals surface area contributed by atoms with Gasteiger partial charge in [-0.05, 0) is 40.8 Å². The summed E-state index contributed by atoms with van der Waals surface area (Å²) in [5.41, 5.74) is 0.534. The minimum atomic E-state index is -1.14. The van der Waals surface area contributed by atoms with E-state index in [0.717, 1.165) is 14.9 Å². The van der Waals surface area contributed by atoms with Gasteiger partial charge in [0.2, 0.25) is 0 Å². The Morgan fingerprint density at radius 2 is 2.17 bits per heavy atom. The topological polar surface area (TPSA) is 79.3 Å². The molecule has 1 aromatic carbocycles. The summed E-state index contributed by atoms with van der Waals surface area (Å²) in [5.74, 6) is -1.55. The molecule has 0 radical (unpaired) electrons. The highest BCUT2D eigenvalue weighted by molar-refractivity contribution is 14.1. The van der Waals surface area contributed by atoms with Crippen molar-refractivity contribution in [3.05, 3.63) is 43.9 Å². The Labute approximate surface area is 120 Å². The van der Waals surface area contributed by atoms with Crippen molar-refractivity contribution in [3.8, 4) is 0 Å². The minimum Gasteiger partial charge on any atom is -0.476 e. The lowest BCUT2D eigenvalue weighted by atomic mass is 10.3. The molecule has 0 aliphatic rings. The van der Waals surface area contributed by atoms with Gasteiger partial charge in [-0.2, -0.15) is 0 Å². The number of thiazole rings is 1. The molecule has 0 bridgehead atoms. The molecule has 0 unspecified atom stereocenters. The van der Waals surface area contributed by atoms with Crippen molar-refractivity contribution in [2.75, 3.05) is 5.32 Å². The first-order chi connectivity index (χ1) is 8.56. The number of nitrogens with zero attached hydrogens (tertiary/aromatic N) is 1. The van der Waals surface area contributed by atoms with Crippen LogP contribution in [0.15, 0.2) is 29.6 Å². The van der Waals surface area contributed by atoms with E-state index in [4.69, 9.17) is 5.11 Å². The van der Waals surface area contributed by atoms with E-state index in [-0.39, 0.29) is 10.7 Å². The Kier molecular flexibility index (Phi) is 3.92. The molecule has 0 spiro atoms. The summed E-state index contributed by atoms with van der Waals surface area (Å²) in [6, 6.07) is 7.29. The van der Waals surface area contributed by atoms with Gasteiger partial charge in [-0.15, -0.1) is 11.3 Å². The molecule has 1 aromatic heterocycles. The second kappa shape index (κ2) is 5.44. The van der Waals surface area contributed by atoms with Gasteiger partial charge in [0.15, 0.2) is 10.7 Å². The molecule has 0 fully saturated rings. The molecule has 5 nitrogen and oxygen atoms in total. The molecular weight excluding hydrogens is 367 g/mol. The second-order valence-electron chi connectivity index (χ2n) is 3.31. The number of hydrogen-bond acceptors (Lipinski definition) is 4. The molecule has 0 saturated heterocycles. The molecular formula is C11H7IN2O3S. The van der Waals surface area contributed by atoms with Crippen LogP contribution in [0.4, 0.5) is 5.69 Å². The highest BCUT2D eigenvalue weighted by Crippen LogP contribution is 2.15. The number of aromatic carboxylic acids is 1. The fourth-order valence-corrected chi connectivity index (χ4v) is 2.46. The number of halogens is 1. The van der Waals surface area contributed by atoms with Crippen LogP contribution in [0.2, 0.25) is 0 Å². The highest BCUT2D eigenvalue weighted by atomic mass is 127. The van der Waals surface area contributed by atoms with E-state index < -0.39 is 11.9 Å². The average Bonchev–Trinajstić information content (AvgIpc) is 2.78. The summed E-state index contributed by atoms with van der Waals surface area (Å²) in [7, 11) is 0. The molecule has 0 atom stereocenters. The summed E-state index contributed by atoms with van der Waals surface area (Å²) in [6.45, 7) is 0. The van der Waals surface area contributed by atoms with Crippen LogP contribution in [0.3, 0.4) is 0 Å². The number of anilines is 1. The van der Waals surface area contributed by atoms with Crippen LogP contribution < -0.4 is 5.32 Å². The Balaban J connectivity index is 2.14. The molecule has 7 heteroatoms. The fourth-order valence-electron chi connectivity index (χ4n) is 1.23. The fraction of sp³-hybridized carbons (Fsp3) is 0. The van der Waals surface area contributed by atoms with Gasteiger partial charge in [-0.25, -0.2) is 9.78 Å². The van der Waals surface area contributed by atoms with Gasteiger partial charge in [0.25, 0.3) is 5.91 Å². The van der Waals surface area contributed by atoms with Crippen molar-refractivity contribution in [1.29, 1.82) is 0 Å². The summed E-state index contributed by atoms with van der Waals surface area (Å²) >= 11 is 3.14. The van der Waals surface area contributed by atoms with Gasteiger partial charge in [0.05, 0.1) is 0 Å². The number of aromatic nitrogens is 1. The summed E-state index contributed by atoms with van der Waals surface area (Å²) in [5, 5.41) is 12.9. The SMILES string of the molecule is O=C(O)c1csc(C(=O)Nc2cccc(I)c2)n1. The van der Waals surface area contributed by atoms with Gasteiger partial charge in [0, 0.05) is 14.6 Å². The maximum atomic E-state index is 11.8. The standard InChI is InChI=1S/C11H7IN2O3S/c12-6-2-1-3-7(4-6)13-9(15)10-14-8(5-18-10)11(16)17/h1-5H,(H,13,15)(H,16,17). The average molecular weight is 374 g/mol. The van der Waals surface area contributed by atoms with Gasteiger partial charge in [0.1, 0.15) is 0 Å². The molecule has 0 aliphatic carbocycles. The smallest absolute Gasteiger partial charge is 0.355 e. The third-order valence-electron chi connectivity index (χ3n) is 2.00. The number of carboxylic acids is 1. The summed E-state index contributed by atoms with van der Waals surface area (Å²) in [6.07, 6.45) is 0. The summed E-state index contributed by atoms with van der Waals surface area (Å²) in [4.78, 5) is 26.2. The number of hydrogen-bond donors (Lipinski definition) is 2. The lowest BCUT2D eigenvalue weighted by molar-refractivity contribution is 0.0691. The Morgan fingerprint density at radius 3 is 2.78 bits per heavy atom. The Hall–Kier alpha value is -1.48. The number of carbonyl (C=O) groups excluding carboxylic acids is 1. The van der Waals surface area contributed by atoms with Gasteiger partial charge < -0.3 is 10.4 Å². The van der Waals surface area contributed by atoms with Crippen LogP contribution in [0.5, 0.6) is 0 Å². The number of carboxylic acid groups (broad SMARTS) is 1. The Morgan fingerprint density at radius 1 is 1.39 bits per heavy atom. The molecule has 1 heterocycles. The van der Waals surface area contributed by atoms with E-state index in [0.29, 0.717) is 5.69 Å². The van der Waals surface area contributed by atoms with Crippen molar-refractivity contribution >= 4 is 51.5 Å². The quantitative estimate of drug-likeness (QED) is 0.810. The number of rotatable bonds is 3. The zero-order valence-electron chi connectivity index (χ0n) is 8.88. The number of nitrogens with one attached hydrogen (secondary N) is 1. The molecule has 0 saturated carbocycles. The third-order valence-corrected chi connectivity index (χ3v) is 3.51. The Bertz CT molecular complexity index is 612. The zero-order chi connectivity index (χ0) is 13.1. The van der Waals surface area contributed by atoms with Crippen LogP contribution in [0, 0.1) is 3.57 Å². The van der Waals surface area contributed by atoms with Crippen LogP contribution >= 0.6 is 33.9 Å². The molecule has 1 amide bonds. The molecule has 0 aliphatic heterocycles. The maximum Gasteiger partial charge on any atom is 0.355 e. The first kappa shape index (κ1) is 13.0. The van der Waals surface area contributed by atoms with E-state index >= 15 is 0 Å². The highest BCUT2D eigenvalue weighted by Gasteiger charge is 2.14. The van der Waals surface area contributed by atoms with Crippen LogP contribution in [-0.2, 0) is 0 Å². The second-order valence-corrected chi connectivity index (χ2v) is 5.41. The molecule has 92 valence electrons. The van der Waals surface area contributed by atoms with E-state index in [1.54, 1.807) is 6.07 Å².